The van der Waals surface area contributed by atoms with E-state index in [1.54, 1.807) is 56.0 Å². The second-order valence-electron chi connectivity index (χ2n) is 5.46. The summed E-state index contributed by atoms with van der Waals surface area (Å²) >= 11 is 0. The maximum atomic E-state index is 9.41. The summed E-state index contributed by atoms with van der Waals surface area (Å²) in [6.45, 7) is 0. The van der Waals surface area contributed by atoms with E-state index in [4.69, 9.17) is 4.74 Å². The van der Waals surface area contributed by atoms with Gasteiger partial charge in [0.1, 0.15) is 11.3 Å². The van der Waals surface area contributed by atoms with E-state index >= 15 is 0 Å². The Morgan fingerprint density at radius 3 is 2.24 bits per heavy atom. The molecule has 0 fully saturated rings. The van der Waals surface area contributed by atoms with Crippen LogP contribution in [-0.2, 0) is 0 Å². The molecular formula is C19H14N4O2. The number of aromatic nitrogens is 4. The smallest absolute Gasteiger partial charge is 0.212 e. The molecule has 3 heterocycles. The number of nitrogens with zero attached hydrogens (tertiary/aromatic N) is 4. The molecule has 1 N–H and O–H groups in total. The molecule has 0 spiro atoms. The molecule has 0 radical (unpaired) electrons. The van der Waals surface area contributed by atoms with Crippen LogP contribution in [-0.4, -0.2) is 32.2 Å². The van der Waals surface area contributed by atoms with Gasteiger partial charge in [-0.2, -0.15) is 0 Å². The van der Waals surface area contributed by atoms with Crippen molar-refractivity contribution in [2.24, 2.45) is 0 Å². The lowest BCUT2D eigenvalue weighted by molar-refractivity contribution is 0.398. The number of fused-ring (bicyclic) bond motifs is 1. The van der Waals surface area contributed by atoms with Gasteiger partial charge in [0.2, 0.25) is 5.88 Å². The Labute approximate surface area is 143 Å². The van der Waals surface area contributed by atoms with Crippen LogP contribution in [0, 0.1) is 0 Å². The van der Waals surface area contributed by atoms with Crippen molar-refractivity contribution >= 4 is 11.0 Å². The fourth-order valence-corrected chi connectivity index (χ4v) is 2.50. The highest BCUT2D eigenvalue weighted by Crippen LogP contribution is 2.24. The van der Waals surface area contributed by atoms with E-state index in [0.29, 0.717) is 17.2 Å². The zero-order valence-corrected chi connectivity index (χ0v) is 13.4. The van der Waals surface area contributed by atoms with Crippen molar-refractivity contribution in [3.63, 3.8) is 0 Å². The minimum Gasteiger partial charge on any atom is -0.508 e. The van der Waals surface area contributed by atoms with Crippen LogP contribution in [0.5, 0.6) is 11.6 Å². The third-order valence-corrected chi connectivity index (χ3v) is 3.84. The SMILES string of the molecule is COc1ccc(-c2cnc3cnc(-c4ccc(O)cc4)nc3c2)cn1. The van der Waals surface area contributed by atoms with Gasteiger partial charge in [0, 0.05) is 35.2 Å². The first-order chi connectivity index (χ1) is 12.2. The molecule has 4 aromatic rings. The summed E-state index contributed by atoms with van der Waals surface area (Å²) < 4.78 is 5.08. The molecule has 6 nitrogen and oxygen atoms in total. The van der Waals surface area contributed by atoms with Crippen molar-refractivity contribution in [1.82, 2.24) is 19.9 Å². The van der Waals surface area contributed by atoms with Gasteiger partial charge in [0.15, 0.2) is 5.82 Å². The molecule has 0 unspecified atom stereocenters. The molecule has 122 valence electrons. The first-order valence-electron chi connectivity index (χ1n) is 7.65. The molecule has 0 aliphatic rings. The molecule has 6 heteroatoms. The summed E-state index contributed by atoms with van der Waals surface area (Å²) in [6, 6.07) is 12.5. The van der Waals surface area contributed by atoms with Crippen molar-refractivity contribution in [2.75, 3.05) is 7.11 Å². The third kappa shape index (κ3) is 2.97. The maximum Gasteiger partial charge on any atom is 0.212 e. The lowest BCUT2D eigenvalue weighted by Gasteiger charge is -2.05. The van der Waals surface area contributed by atoms with E-state index < -0.39 is 0 Å². The average Bonchev–Trinajstić information content (AvgIpc) is 2.68. The van der Waals surface area contributed by atoms with E-state index in [1.807, 2.05) is 12.1 Å². The zero-order valence-electron chi connectivity index (χ0n) is 13.4. The first kappa shape index (κ1) is 15.0. The summed E-state index contributed by atoms with van der Waals surface area (Å²) in [5.41, 5.74) is 4.13. The Morgan fingerprint density at radius 2 is 1.52 bits per heavy atom. The fourth-order valence-electron chi connectivity index (χ4n) is 2.50. The van der Waals surface area contributed by atoms with Crippen LogP contribution in [0.2, 0.25) is 0 Å². The minimum atomic E-state index is 0.209. The van der Waals surface area contributed by atoms with E-state index in [9.17, 15) is 5.11 Å². The zero-order chi connectivity index (χ0) is 17.2. The highest BCUT2D eigenvalue weighted by atomic mass is 16.5. The molecule has 0 aliphatic carbocycles. The predicted octanol–water partition coefficient (Wildman–Crippen LogP) is 3.47. The van der Waals surface area contributed by atoms with Crippen LogP contribution < -0.4 is 4.74 Å². The number of rotatable bonds is 3. The van der Waals surface area contributed by atoms with Gasteiger partial charge in [0.25, 0.3) is 0 Å². The van der Waals surface area contributed by atoms with E-state index in [2.05, 4.69) is 19.9 Å². The standard InChI is InChI=1S/C19H14N4O2/c1-25-18-7-4-13(9-21-18)14-8-16-17(20-10-14)11-22-19(23-16)12-2-5-15(24)6-3-12/h2-11,24H,1H3. The van der Waals surface area contributed by atoms with Crippen LogP contribution in [0.4, 0.5) is 0 Å². The Bertz CT molecular complexity index is 1030. The predicted molar refractivity (Wildman–Crippen MR) is 94.2 cm³/mol. The van der Waals surface area contributed by atoms with Crippen molar-refractivity contribution in [1.29, 1.82) is 0 Å². The third-order valence-electron chi connectivity index (χ3n) is 3.84. The van der Waals surface area contributed by atoms with Crippen LogP contribution in [0.3, 0.4) is 0 Å². The Balaban J connectivity index is 1.76. The van der Waals surface area contributed by atoms with E-state index in [0.717, 1.165) is 22.2 Å². The van der Waals surface area contributed by atoms with Crippen LogP contribution in [0.15, 0.2) is 61.1 Å². The molecular weight excluding hydrogens is 316 g/mol. The van der Waals surface area contributed by atoms with Gasteiger partial charge in [-0.15, -0.1) is 0 Å². The molecule has 0 saturated heterocycles. The monoisotopic (exact) mass is 330 g/mol. The molecule has 3 aromatic heterocycles. The fraction of sp³-hybridized carbons (Fsp3) is 0.0526. The Kier molecular flexibility index (Phi) is 3.70. The summed E-state index contributed by atoms with van der Waals surface area (Å²) in [4.78, 5) is 17.6. The summed E-state index contributed by atoms with van der Waals surface area (Å²) in [6.07, 6.45) is 5.21. The lowest BCUT2D eigenvalue weighted by Crippen LogP contribution is -1.93. The molecule has 0 saturated carbocycles. The van der Waals surface area contributed by atoms with Gasteiger partial charge in [-0.25, -0.2) is 15.0 Å². The quantitative estimate of drug-likeness (QED) is 0.619. The van der Waals surface area contributed by atoms with Gasteiger partial charge in [0.05, 0.1) is 18.8 Å². The molecule has 0 bridgehead atoms. The number of phenols is 1. The lowest BCUT2D eigenvalue weighted by atomic mass is 10.1. The minimum absolute atomic E-state index is 0.209. The van der Waals surface area contributed by atoms with Crippen LogP contribution in [0.1, 0.15) is 0 Å². The topological polar surface area (TPSA) is 81.0 Å². The number of pyridine rings is 2. The molecule has 0 atom stereocenters. The number of hydrogen-bond donors (Lipinski definition) is 1. The summed E-state index contributed by atoms with van der Waals surface area (Å²) in [5.74, 6) is 1.36. The highest BCUT2D eigenvalue weighted by Gasteiger charge is 2.07. The highest BCUT2D eigenvalue weighted by molar-refractivity contribution is 5.81. The van der Waals surface area contributed by atoms with Crippen molar-refractivity contribution in [3.8, 4) is 34.1 Å². The number of hydrogen-bond acceptors (Lipinski definition) is 6. The van der Waals surface area contributed by atoms with Gasteiger partial charge in [-0.1, -0.05) is 0 Å². The van der Waals surface area contributed by atoms with E-state index in [1.165, 1.54) is 0 Å². The summed E-state index contributed by atoms with van der Waals surface area (Å²) in [5, 5.41) is 9.41. The van der Waals surface area contributed by atoms with Crippen molar-refractivity contribution in [2.45, 2.75) is 0 Å². The maximum absolute atomic E-state index is 9.41. The number of aromatic hydroxyl groups is 1. The number of ether oxygens (including phenoxy) is 1. The molecule has 1 aromatic carbocycles. The molecule has 0 aliphatic heterocycles. The van der Waals surface area contributed by atoms with Gasteiger partial charge < -0.3 is 9.84 Å². The van der Waals surface area contributed by atoms with Gasteiger partial charge in [-0.3, -0.25) is 4.98 Å². The second kappa shape index (κ2) is 6.16. The Hall–Kier alpha value is -3.54. The van der Waals surface area contributed by atoms with Crippen molar-refractivity contribution < 1.29 is 9.84 Å². The van der Waals surface area contributed by atoms with Crippen molar-refractivity contribution in [3.05, 3.63) is 61.1 Å². The molecule has 0 amide bonds. The van der Waals surface area contributed by atoms with Crippen LogP contribution in [0.25, 0.3) is 33.5 Å². The first-order valence-corrected chi connectivity index (χ1v) is 7.65. The van der Waals surface area contributed by atoms with Gasteiger partial charge in [-0.05, 0) is 36.4 Å². The largest absolute Gasteiger partial charge is 0.508 e. The number of methoxy groups -OCH3 is 1. The normalized spacial score (nSPS) is 10.8. The number of benzene rings is 1. The molecule has 25 heavy (non-hydrogen) atoms. The second-order valence-corrected chi connectivity index (χ2v) is 5.46. The van der Waals surface area contributed by atoms with Gasteiger partial charge >= 0.3 is 0 Å². The Morgan fingerprint density at radius 1 is 0.760 bits per heavy atom. The molecule has 4 rings (SSSR count). The number of phenolic OH excluding ortho intramolecular Hbond substituents is 1. The summed E-state index contributed by atoms with van der Waals surface area (Å²) in [7, 11) is 1.58. The average molecular weight is 330 g/mol. The van der Waals surface area contributed by atoms with Crippen LogP contribution >= 0.6 is 0 Å². The van der Waals surface area contributed by atoms with E-state index in [-0.39, 0.29) is 5.75 Å².